The third kappa shape index (κ3) is 3.99. The molecular weight excluding hydrogens is 262 g/mol. The first-order valence-electron chi connectivity index (χ1n) is 4.41. The molecule has 82 valence electrons. The lowest BCUT2D eigenvalue weighted by Crippen LogP contribution is -2.35. The van der Waals surface area contributed by atoms with Crippen LogP contribution in [0.5, 0.6) is 0 Å². The summed E-state index contributed by atoms with van der Waals surface area (Å²) in [5.74, 6) is -0.600. The molecule has 4 nitrogen and oxygen atoms in total. The van der Waals surface area contributed by atoms with Gasteiger partial charge in [-0.1, -0.05) is 28.1 Å². The quantitative estimate of drug-likeness (QED) is 0.797. The highest BCUT2D eigenvalue weighted by Crippen LogP contribution is 2.12. The number of aliphatic hydroxyl groups excluding tert-OH is 1. The van der Waals surface area contributed by atoms with Gasteiger partial charge in [0.1, 0.15) is 12.6 Å². The van der Waals surface area contributed by atoms with Crippen molar-refractivity contribution in [3.05, 3.63) is 34.3 Å². The second-order valence-corrected chi connectivity index (χ2v) is 3.94. The number of carbonyl (C=O) groups excluding carboxylic acids is 1. The van der Waals surface area contributed by atoms with Crippen LogP contribution in [0.1, 0.15) is 5.56 Å². The summed E-state index contributed by atoms with van der Waals surface area (Å²) in [6.45, 7) is -0.247. The number of hydrogen-bond donors (Lipinski definition) is 2. The van der Waals surface area contributed by atoms with Gasteiger partial charge >= 0.3 is 5.97 Å². The number of benzene rings is 1. The van der Waals surface area contributed by atoms with Crippen molar-refractivity contribution in [2.75, 3.05) is 6.61 Å². The molecule has 0 saturated carbocycles. The molecule has 1 aromatic carbocycles. The maximum atomic E-state index is 11.1. The molecule has 3 N–H and O–H groups in total. The van der Waals surface area contributed by atoms with Crippen LogP contribution < -0.4 is 5.73 Å². The molecule has 0 fully saturated rings. The predicted molar refractivity (Wildman–Crippen MR) is 59.0 cm³/mol. The van der Waals surface area contributed by atoms with Gasteiger partial charge in [0.05, 0.1) is 6.61 Å². The summed E-state index contributed by atoms with van der Waals surface area (Å²) in [4.78, 5) is 11.1. The lowest BCUT2D eigenvalue weighted by Gasteiger charge is -2.08. The van der Waals surface area contributed by atoms with Gasteiger partial charge in [-0.15, -0.1) is 0 Å². The summed E-state index contributed by atoms with van der Waals surface area (Å²) in [6, 6.07) is 6.45. The second-order valence-electron chi connectivity index (χ2n) is 3.03. The zero-order valence-electron chi connectivity index (χ0n) is 8.02. The Labute approximate surface area is 96.2 Å². The summed E-state index contributed by atoms with van der Waals surface area (Å²) in [6.07, 6.45) is 0. The van der Waals surface area contributed by atoms with Crippen LogP contribution in [0.2, 0.25) is 0 Å². The van der Waals surface area contributed by atoms with E-state index in [1.54, 1.807) is 0 Å². The van der Waals surface area contributed by atoms with Crippen LogP contribution in [0.3, 0.4) is 0 Å². The Morgan fingerprint density at radius 1 is 1.60 bits per heavy atom. The molecule has 1 rings (SSSR count). The van der Waals surface area contributed by atoms with Crippen molar-refractivity contribution in [3.63, 3.8) is 0 Å². The van der Waals surface area contributed by atoms with E-state index in [4.69, 9.17) is 15.6 Å². The first-order valence-corrected chi connectivity index (χ1v) is 5.20. The molecule has 0 bridgehead atoms. The van der Waals surface area contributed by atoms with Crippen LogP contribution in [0.15, 0.2) is 28.7 Å². The number of hydrogen-bond acceptors (Lipinski definition) is 4. The average Bonchev–Trinajstić information content (AvgIpc) is 2.25. The van der Waals surface area contributed by atoms with Gasteiger partial charge in [-0.05, 0) is 17.7 Å². The Kier molecular flexibility index (Phi) is 4.74. The van der Waals surface area contributed by atoms with Crippen LogP contribution >= 0.6 is 15.9 Å². The monoisotopic (exact) mass is 273 g/mol. The molecule has 0 saturated heterocycles. The van der Waals surface area contributed by atoms with Crippen molar-refractivity contribution in [3.8, 4) is 0 Å². The van der Waals surface area contributed by atoms with Crippen molar-refractivity contribution < 1.29 is 14.6 Å². The number of esters is 1. The van der Waals surface area contributed by atoms with Crippen LogP contribution in [-0.4, -0.2) is 23.7 Å². The van der Waals surface area contributed by atoms with E-state index in [2.05, 4.69) is 15.9 Å². The molecule has 0 amide bonds. The number of ether oxygens (including phenoxy) is 1. The van der Waals surface area contributed by atoms with E-state index in [1.165, 1.54) is 0 Å². The van der Waals surface area contributed by atoms with Crippen LogP contribution in [-0.2, 0) is 16.1 Å². The largest absolute Gasteiger partial charge is 0.460 e. The minimum Gasteiger partial charge on any atom is -0.460 e. The minimum absolute atomic E-state index is 0.159. The molecule has 0 unspecified atom stereocenters. The summed E-state index contributed by atoms with van der Waals surface area (Å²) >= 11 is 3.31. The van der Waals surface area contributed by atoms with Gasteiger partial charge in [0.15, 0.2) is 0 Å². The van der Waals surface area contributed by atoms with Gasteiger partial charge in [0.25, 0.3) is 0 Å². The highest BCUT2D eigenvalue weighted by molar-refractivity contribution is 9.10. The molecule has 0 aliphatic rings. The molecule has 0 heterocycles. The Bertz CT molecular complexity index is 343. The lowest BCUT2D eigenvalue weighted by atomic mass is 10.2. The van der Waals surface area contributed by atoms with E-state index in [1.807, 2.05) is 24.3 Å². The van der Waals surface area contributed by atoms with E-state index in [0.29, 0.717) is 0 Å². The molecule has 0 radical (unpaired) electrons. The van der Waals surface area contributed by atoms with Gasteiger partial charge in [-0.3, -0.25) is 4.79 Å². The van der Waals surface area contributed by atoms with Crippen LogP contribution in [0.4, 0.5) is 0 Å². The molecule has 0 spiro atoms. The fourth-order valence-electron chi connectivity index (χ4n) is 0.963. The summed E-state index contributed by atoms with van der Waals surface area (Å²) in [5, 5.41) is 8.61. The first kappa shape index (κ1) is 12.2. The molecule has 0 aliphatic heterocycles. The topological polar surface area (TPSA) is 72.5 Å². The molecule has 0 aromatic heterocycles. The van der Waals surface area contributed by atoms with E-state index in [9.17, 15) is 4.79 Å². The summed E-state index contributed by atoms with van der Waals surface area (Å²) in [5.41, 5.74) is 6.14. The Hall–Kier alpha value is -0.910. The molecule has 0 aliphatic carbocycles. The van der Waals surface area contributed by atoms with Gasteiger partial charge in [0, 0.05) is 4.47 Å². The minimum atomic E-state index is -0.961. The van der Waals surface area contributed by atoms with Crippen molar-refractivity contribution in [2.45, 2.75) is 12.6 Å². The number of rotatable bonds is 4. The van der Waals surface area contributed by atoms with Crippen molar-refractivity contribution in [1.29, 1.82) is 0 Å². The van der Waals surface area contributed by atoms with Crippen molar-refractivity contribution in [1.82, 2.24) is 0 Å². The number of nitrogens with two attached hydrogens (primary N) is 1. The normalized spacial score (nSPS) is 12.2. The average molecular weight is 274 g/mol. The van der Waals surface area contributed by atoms with E-state index in [-0.39, 0.29) is 6.61 Å². The maximum Gasteiger partial charge on any atom is 0.325 e. The van der Waals surface area contributed by atoms with Crippen molar-refractivity contribution in [2.24, 2.45) is 5.73 Å². The molecule has 15 heavy (non-hydrogen) atoms. The van der Waals surface area contributed by atoms with Gasteiger partial charge < -0.3 is 15.6 Å². The third-order valence-corrected chi connectivity index (χ3v) is 2.26. The van der Waals surface area contributed by atoms with Crippen LogP contribution in [0, 0.1) is 0 Å². The third-order valence-electron chi connectivity index (χ3n) is 1.77. The number of carbonyl (C=O) groups is 1. The predicted octanol–water partition coefficient (Wildman–Crippen LogP) is 0.812. The zero-order chi connectivity index (χ0) is 11.3. The zero-order valence-corrected chi connectivity index (χ0v) is 9.61. The Morgan fingerprint density at radius 2 is 2.33 bits per heavy atom. The number of halogens is 1. The van der Waals surface area contributed by atoms with E-state index >= 15 is 0 Å². The lowest BCUT2D eigenvalue weighted by molar-refractivity contribution is -0.147. The SMILES string of the molecule is N[C@@H](CO)C(=O)OCc1cccc(Br)c1. The smallest absolute Gasteiger partial charge is 0.325 e. The highest BCUT2D eigenvalue weighted by atomic mass is 79.9. The van der Waals surface area contributed by atoms with Crippen LogP contribution in [0.25, 0.3) is 0 Å². The number of aliphatic hydroxyl groups is 1. The standard InChI is InChI=1S/C10H12BrNO3/c11-8-3-1-2-7(4-8)6-15-10(14)9(12)5-13/h1-4,9,13H,5-6,12H2/t9-/m0/s1. The highest BCUT2D eigenvalue weighted by Gasteiger charge is 2.13. The fourth-order valence-corrected chi connectivity index (χ4v) is 1.41. The van der Waals surface area contributed by atoms with Gasteiger partial charge in [-0.25, -0.2) is 0 Å². The molecular formula is C10H12BrNO3. The maximum absolute atomic E-state index is 11.1. The van der Waals surface area contributed by atoms with E-state index in [0.717, 1.165) is 10.0 Å². The Morgan fingerprint density at radius 3 is 2.93 bits per heavy atom. The molecule has 1 aromatic rings. The fraction of sp³-hybridized carbons (Fsp3) is 0.300. The van der Waals surface area contributed by atoms with Gasteiger partial charge in [-0.2, -0.15) is 0 Å². The molecule has 5 heteroatoms. The second kappa shape index (κ2) is 5.85. The van der Waals surface area contributed by atoms with E-state index < -0.39 is 18.6 Å². The molecule has 1 atom stereocenters. The van der Waals surface area contributed by atoms with Gasteiger partial charge in [0.2, 0.25) is 0 Å². The first-order chi connectivity index (χ1) is 7.13. The summed E-state index contributed by atoms with van der Waals surface area (Å²) < 4.78 is 5.81. The summed E-state index contributed by atoms with van der Waals surface area (Å²) in [7, 11) is 0. The van der Waals surface area contributed by atoms with Crippen molar-refractivity contribution >= 4 is 21.9 Å². The Balaban J connectivity index is 2.47.